The van der Waals surface area contributed by atoms with Crippen LogP contribution in [0.1, 0.15) is 26.5 Å². The first-order valence-electron chi connectivity index (χ1n) is 8.39. The van der Waals surface area contributed by atoms with E-state index in [0.29, 0.717) is 18.0 Å². The number of nitrogens with zero attached hydrogens (tertiary/aromatic N) is 4. The maximum atomic E-state index is 12.5. The van der Waals surface area contributed by atoms with Gasteiger partial charge in [-0.15, -0.1) is 22.7 Å². The van der Waals surface area contributed by atoms with Crippen molar-refractivity contribution >= 4 is 28.6 Å². The van der Waals surface area contributed by atoms with Crippen LogP contribution in [0.2, 0.25) is 0 Å². The van der Waals surface area contributed by atoms with Crippen LogP contribution >= 0.6 is 22.7 Å². The Kier molecular flexibility index (Phi) is 5.08. The number of carbonyl (C=O) groups is 1. The second-order valence-corrected chi connectivity index (χ2v) is 7.95. The Morgan fingerprint density at radius 3 is 2.70 bits per heavy atom. The summed E-state index contributed by atoms with van der Waals surface area (Å²) in [7, 11) is 0. The summed E-state index contributed by atoms with van der Waals surface area (Å²) >= 11 is 3.07. The minimum Gasteiger partial charge on any atom is -0.347 e. The van der Waals surface area contributed by atoms with Crippen LogP contribution in [0, 0.1) is 6.92 Å². The van der Waals surface area contributed by atoms with Crippen LogP contribution in [-0.4, -0.2) is 25.7 Å². The van der Waals surface area contributed by atoms with E-state index in [2.05, 4.69) is 20.4 Å². The SMILES string of the molecule is Cc1nc(-c2cccs2)sc1C(=O)NCc1ccc(Cn2cncn2)cc1. The zero-order valence-corrected chi connectivity index (χ0v) is 16.3. The van der Waals surface area contributed by atoms with Gasteiger partial charge in [0.2, 0.25) is 0 Å². The first-order valence-corrected chi connectivity index (χ1v) is 10.1. The summed E-state index contributed by atoms with van der Waals surface area (Å²) < 4.78 is 1.77. The van der Waals surface area contributed by atoms with Crippen molar-refractivity contribution in [1.82, 2.24) is 25.1 Å². The molecular formula is C19H17N5OS2. The molecule has 0 aliphatic carbocycles. The number of nitrogens with one attached hydrogen (secondary N) is 1. The number of thiazole rings is 1. The molecule has 8 heteroatoms. The van der Waals surface area contributed by atoms with Crippen molar-refractivity contribution < 1.29 is 4.79 Å². The topological polar surface area (TPSA) is 72.7 Å². The van der Waals surface area contributed by atoms with Crippen LogP contribution in [0.4, 0.5) is 0 Å². The molecule has 0 atom stereocenters. The van der Waals surface area contributed by atoms with Crippen molar-refractivity contribution in [1.29, 1.82) is 0 Å². The van der Waals surface area contributed by atoms with E-state index in [-0.39, 0.29) is 5.91 Å². The van der Waals surface area contributed by atoms with Crippen molar-refractivity contribution in [3.05, 3.63) is 76.1 Å². The fraction of sp³-hybridized carbons (Fsp3) is 0.158. The maximum absolute atomic E-state index is 12.5. The molecule has 1 N–H and O–H groups in total. The van der Waals surface area contributed by atoms with Crippen LogP contribution in [-0.2, 0) is 13.1 Å². The van der Waals surface area contributed by atoms with E-state index < -0.39 is 0 Å². The van der Waals surface area contributed by atoms with Gasteiger partial charge < -0.3 is 5.32 Å². The van der Waals surface area contributed by atoms with Gasteiger partial charge in [0, 0.05) is 6.54 Å². The molecule has 0 bridgehead atoms. The van der Waals surface area contributed by atoms with E-state index in [4.69, 9.17) is 0 Å². The van der Waals surface area contributed by atoms with Crippen molar-refractivity contribution in [3.8, 4) is 9.88 Å². The average molecular weight is 396 g/mol. The lowest BCUT2D eigenvalue weighted by atomic mass is 10.1. The molecule has 0 aliphatic heterocycles. The summed E-state index contributed by atoms with van der Waals surface area (Å²) in [4.78, 5) is 22.8. The van der Waals surface area contributed by atoms with E-state index >= 15 is 0 Å². The molecule has 0 fully saturated rings. The van der Waals surface area contributed by atoms with Gasteiger partial charge in [-0.25, -0.2) is 14.6 Å². The van der Waals surface area contributed by atoms with Gasteiger partial charge in [0.05, 0.1) is 17.1 Å². The molecule has 4 aromatic rings. The molecule has 27 heavy (non-hydrogen) atoms. The fourth-order valence-corrected chi connectivity index (χ4v) is 4.42. The highest BCUT2D eigenvalue weighted by Gasteiger charge is 2.16. The molecule has 0 radical (unpaired) electrons. The lowest BCUT2D eigenvalue weighted by Crippen LogP contribution is -2.22. The monoisotopic (exact) mass is 395 g/mol. The molecule has 1 aromatic carbocycles. The molecule has 0 saturated carbocycles. The van der Waals surface area contributed by atoms with Gasteiger partial charge in [-0.2, -0.15) is 5.10 Å². The summed E-state index contributed by atoms with van der Waals surface area (Å²) in [5.74, 6) is -0.0838. The van der Waals surface area contributed by atoms with Gasteiger partial charge in [-0.1, -0.05) is 30.3 Å². The third kappa shape index (κ3) is 4.12. The van der Waals surface area contributed by atoms with E-state index in [1.807, 2.05) is 48.7 Å². The van der Waals surface area contributed by atoms with Gasteiger partial charge in [-0.05, 0) is 29.5 Å². The Labute approximate surface area is 164 Å². The first kappa shape index (κ1) is 17.6. The van der Waals surface area contributed by atoms with Gasteiger partial charge in [0.25, 0.3) is 5.91 Å². The normalized spacial score (nSPS) is 10.9. The lowest BCUT2D eigenvalue weighted by Gasteiger charge is -2.06. The maximum Gasteiger partial charge on any atom is 0.263 e. The molecular weight excluding hydrogens is 378 g/mol. The Balaban J connectivity index is 1.38. The molecule has 1 amide bonds. The molecule has 0 unspecified atom stereocenters. The van der Waals surface area contributed by atoms with Gasteiger partial charge in [0.1, 0.15) is 22.5 Å². The Hall–Kier alpha value is -2.84. The van der Waals surface area contributed by atoms with Crippen molar-refractivity contribution in [3.63, 3.8) is 0 Å². The van der Waals surface area contributed by atoms with Gasteiger partial charge >= 0.3 is 0 Å². The number of hydrogen-bond acceptors (Lipinski definition) is 6. The van der Waals surface area contributed by atoms with E-state index in [0.717, 1.165) is 26.7 Å². The number of benzene rings is 1. The smallest absolute Gasteiger partial charge is 0.263 e. The zero-order valence-electron chi connectivity index (χ0n) is 14.6. The predicted molar refractivity (Wildman–Crippen MR) is 107 cm³/mol. The fourth-order valence-electron chi connectivity index (χ4n) is 2.64. The molecule has 0 spiro atoms. The molecule has 4 rings (SSSR count). The number of amides is 1. The number of thiophene rings is 1. The quantitative estimate of drug-likeness (QED) is 0.540. The lowest BCUT2D eigenvalue weighted by molar-refractivity contribution is 0.0954. The largest absolute Gasteiger partial charge is 0.347 e. The molecule has 3 aromatic heterocycles. The van der Waals surface area contributed by atoms with Crippen molar-refractivity contribution in [2.75, 3.05) is 0 Å². The Morgan fingerprint density at radius 2 is 2.00 bits per heavy atom. The number of aryl methyl sites for hydroxylation is 1. The predicted octanol–water partition coefficient (Wildman–Crippen LogP) is 3.75. The Morgan fingerprint density at radius 1 is 1.19 bits per heavy atom. The van der Waals surface area contributed by atoms with Crippen LogP contribution in [0.25, 0.3) is 9.88 Å². The average Bonchev–Trinajstić information content (AvgIpc) is 3.42. The highest BCUT2D eigenvalue weighted by Crippen LogP contribution is 2.31. The van der Waals surface area contributed by atoms with Gasteiger partial charge in [0.15, 0.2) is 0 Å². The summed E-state index contributed by atoms with van der Waals surface area (Å²) in [6.07, 6.45) is 3.21. The number of hydrogen-bond donors (Lipinski definition) is 1. The minimum atomic E-state index is -0.0838. The minimum absolute atomic E-state index is 0.0838. The number of carbonyl (C=O) groups excluding carboxylic acids is 1. The number of aromatic nitrogens is 4. The van der Waals surface area contributed by atoms with E-state index in [1.165, 1.54) is 17.7 Å². The van der Waals surface area contributed by atoms with Crippen LogP contribution < -0.4 is 5.32 Å². The van der Waals surface area contributed by atoms with Crippen LogP contribution in [0.3, 0.4) is 0 Å². The summed E-state index contributed by atoms with van der Waals surface area (Å²) in [6, 6.07) is 12.1. The standard InChI is InChI=1S/C19H17N5OS2/c1-13-17(27-19(23-13)16-3-2-8-26-16)18(25)21-9-14-4-6-15(7-5-14)10-24-12-20-11-22-24/h2-8,11-12H,9-10H2,1H3,(H,21,25). The third-order valence-electron chi connectivity index (χ3n) is 4.02. The highest BCUT2D eigenvalue weighted by molar-refractivity contribution is 7.22. The zero-order chi connectivity index (χ0) is 18.6. The molecule has 6 nitrogen and oxygen atoms in total. The second kappa shape index (κ2) is 7.81. The van der Waals surface area contributed by atoms with Crippen LogP contribution in [0.15, 0.2) is 54.4 Å². The molecule has 136 valence electrons. The molecule has 0 aliphatic rings. The third-order valence-corrected chi connectivity index (χ3v) is 6.22. The van der Waals surface area contributed by atoms with E-state index in [1.54, 1.807) is 22.3 Å². The molecule has 0 saturated heterocycles. The van der Waals surface area contributed by atoms with E-state index in [9.17, 15) is 4.79 Å². The summed E-state index contributed by atoms with van der Waals surface area (Å²) in [5, 5.41) is 9.99. The highest BCUT2D eigenvalue weighted by atomic mass is 32.1. The summed E-state index contributed by atoms with van der Waals surface area (Å²) in [6.45, 7) is 3.04. The molecule has 3 heterocycles. The summed E-state index contributed by atoms with van der Waals surface area (Å²) in [5.41, 5.74) is 2.95. The van der Waals surface area contributed by atoms with Crippen molar-refractivity contribution in [2.45, 2.75) is 20.0 Å². The van der Waals surface area contributed by atoms with Crippen molar-refractivity contribution in [2.24, 2.45) is 0 Å². The second-order valence-electron chi connectivity index (χ2n) is 6.00. The first-order chi connectivity index (χ1) is 13.2. The Bertz CT molecular complexity index is 1020. The number of rotatable bonds is 6. The van der Waals surface area contributed by atoms with Crippen LogP contribution in [0.5, 0.6) is 0 Å². The van der Waals surface area contributed by atoms with Gasteiger partial charge in [-0.3, -0.25) is 4.79 Å².